The van der Waals surface area contributed by atoms with Crippen molar-refractivity contribution >= 4 is 5.91 Å². The van der Waals surface area contributed by atoms with Crippen LogP contribution >= 0.6 is 0 Å². The highest BCUT2D eigenvalue weighted by Crippen LogP contribution is 2.22. The second-order valence-electron chi connectivity index (χ2n) is 6.68. The van der Waals surface area contributed by atoms with E-state index in [9.17, 15) is 9.90 Å². The van der Waals surface area contributed by atoms with Gasteiger partial charge < -0.3 is 10.0 Å². The summed E-state index contributed by atoms with van der Waals surface area (Å²) < 4.78 is 0. The molecule has 3 nitrogen and oxygen atoms in total. The fourth-order valence-electron chi connectivity index (χ4n) is 2.98. The van der Waals surface area contributed by atoms with Crippen molar-refractivity contribution in [1.82, 2.24) is 4.90 Å². The first-order valence-electron chi connectivity index (χ1n) is 8.03. The minimum Gasteiger partial charge on any atom is -0.387 e. The van der Waals surface area contributed by atoms with Gasteiger partial charge in [-0.15, -0.1) is 0 Å². The number of amides is 1. The first kappa shape index (κ1) is 16.0. The zero-order chi connectivity index (χ0) is 15.4. The monoisotopic (exact) mass is 289 g/mol. The Labute approximate surface area is 128 Å². The molecule has 2 rings (SSSR count). The summed E-state index contributed by atoms with van der Waals surface area (Å²) in [5, 5.41) is 10.4. The van der Waals surface area contributed by atoms with Gasteiger partial charge in [-0.1, -0.05) is 45.0 Å². The summed E-state index contributed by atoms with van der Waals surface area (Å²) in [7, 11) is 0. The number of aliphatic hydroxyl groups is 1. The largest absolute Gasteiger partial charge is 0.387 e. The van der Waals surface area contributed by atoms with Crippen molar-refractivity contribution in [1.29, 1.82) is 0 Å². The standard InChI is InChI=1S/C18H27NO2/c1-13(2)11-15-6-8-16(9-7-15)17(20)12-19-10-4-5-14(3)18(19)21/h6-9,13-14,17,20H,4-5,10-12H2,1-3H3. The molecule has 2 atom stereocenters. The second kappa shape index (κ2) is 7.08. The molecule has 1 heterocycles. The van der Waals surface area contributed by atoms with Crippen LogP contribution in [0.4, 0.5) is 0 Å². The number of hydrogen-bond acceptors (Lipinski definition) is 2. The predicted molar refractivity (Wildman–Crippen MR) is 84.9 cm³/mol. The molecular weight excluding hydrogens is 262 g/mol. The highest BCUT2D eigenvalue weighted by molar-refractivity contribution is 5.79. The lowest BCUT2D eigenvalue weighted by atomic mass is 9.97. The third-order valence-electron chi connectivity index (χ3n) is 4.20. The maximum absolute atomic E-state index is 12.1. The third-order valence-corrected chi connectivity index (χ3v) is 4.20. The minimum absolute atomic E-state index is 0.0966. The summed E-state index contributed by atoms with van der Waals surface area (Å²) in [4.78, 5) is 13.9. The number of rotatable bonds is 5. The normalized spacial score (nSPS) is 20.9. The highest BCUT2D eigenvalue weighted by atomic mass is 16.3. The lowest BCUT2D eigenvalue weighted by molar-refractivity contribution is -0.139. The molecule has 3 heteroatoms. The van der Waals surface area contributed by atoms with Crippen LogP contribution in [0.1, 0.15) is 50.8 Å². The molecule has 1 aromatic carbocycles. The van der Waals surface area contributed by atoms with Crippen molar-refractivity contribution in [3.05, 3.63) is 35.4 Å². The zero-order valence-corrected chi connectivity index (χ0v) is 13.4. The van der Waals surface area contributed by atoms with Crippen LogP contribution in [0, 0.1) is 11.8 Å². The van der Waals surface area contributed by atoms with E-state index in [1.165, 1.54) is 5.56 Å². The van der Waals surface area contributed by atoms with Crippen LogP contribution in [0.3, 0.4) is 0 Å². The molecule has 0 aromatic heterocycles. The van der Waals surface area contributed by atoms with Gasteiger partial charge >= 0.3 is 0 Å². The first-order valence-corrected chi connectivity index (χ1v) is 8.03. The number of benzene rings is 1. The number of aliphatic hydroxyl groups excluding tert-OH is 1. The van der Waals surface area contributed by atoms with Crippen LogP contribution in [0.2, 0.25) is 0 Å². The Kier molecular flexibility index (Phi) is 5.40. The number of β-amino-alcohol motifs (C(OH)–C–C–N with tert-alkyl or cyclic N) is 1. The number of piperidine rings is 1. The summed E-state index contributed by atoms with van der Waals surface area (Å²) in [6, 6.07) is 8.14. The molecule has 0 radical (unpaired) electrons. The van der Waals surface area contributed by atoms with Crippen molar-refractivity contribution in [2.24, 2.45) is 11.8 Å². The molecule has 116 valence electrons. The number of carbonyl (C=O) groups excluding carboxylic acids is 1. The SMILES string of the molecule is CC(C)Cc1ccc(C(O)CN2CCCC(C)C2=O)cc1. The molecule has 0 aliphatic carbocycles. The second-order valence-corrected chi connectivity index (χ2v) is 6.68. The molecule has 0 saturated carbocycles. The van der Waals surface area contributed by atoms with Gasteiger partial charge in [0, 0.05) is 12.5 Å². The van der Waals surface area contributed by atoms with Gasteiger partial charge in [-0.05, 0) is 36.3 Å². The van der Waals surface area contributed by atoms with Gasteiger partial charge in [0.25, 0.3) is 0 Å². The molecule has 0 bridgehead atoms. The molecule has 1 fully saturated rings. The van der Waals surface area contributed by atoms with Crippen molar-refractivity contribution in [2.75, 3.05) is 13.1 Å². The number of nitrogens with zero attached hydrogens (tertiary/aromatic N) is 1. The van der Waals surface area contributed by atoms with Gasteiger partial charge in [0.05, 0.1) is 12.6 Å². The van der Waals surface area contributed by atoms with Gasteiger partial charge in [0.2, 0.25) is 5.91 Å². The molecule has 1 aliphatic heterocycles. The molecule has 2 unspecified atom stereocenters. The first-order chi connectivity index (χ1) is 9.97. The van der Waals surface area contributed by atoms with E-state index in [4.69, 9.17) is 0 Å². The topological polar surface area (TPSA) is 40.5 Å². The minimum atomic E-state index is -0.590. The van der Waals surface area contributed by atoms with E-state index in [-0.39, 0.29) is 11.8 Å². The van der Waals surface area contributed by atoms with Crippen molar-refractivity contribution in [3.63, 3.8) is 0 Å². The van der Waals surface area contributed by atoms with Crippen molar-refractivity contribution < 1.29 is 9.90 Å². The molecule has 21 heavy (non-hydrogen) atoms. The van der Waals surface area contributed by atoms with Crippen molar-refractivity contribution in [2.45, 2.75) is 46.1 Å². The summed E-state index contributed by atoms with van der Waals surface area (Å²) in [6.07, 6.45) is 2.47. The fourth-order valence-corrected chi connectivity index (χ4v) is 2.98. The molecule has 1 aliphatic rings. The van der Waals surface area contributed by atoms with Gasteiger partial charge in [-0.2, -0.15) is 0 Å². The Balaban J connectivity index is 1.96. The van der Waals surface area contributed by atoms with E-state index < -0.39 is 6.10 Å². The summed E-state index contributed by atoms with van der Waals surface area (Å²) in [6.45, 7) is 7.55. The molecule has 1 amide bonds. The van der Waals surface area contributed by atoms with E-state index in [1.54, 1.807) is 4.90 Å². The Hall–Kier alpha value is -1.35. The molecular formula is C18H27NO2. The maximum atomic E-state index is 12.1. The number of carbonyl (C=O) groups is 1. The number of hydrogen-bond donors (Lipinski definition) is 1. The van der Waals surface area contributed by atoms with E-state index in [1.807, 2.05) is 19.1 Å². The third kappa shape index (κ3) is 4.31. The van der Waals surface area contributed by atoms with Crippen LogP contribution < -0.4 is 0 Å². The Morgan fingerprint density at radius 3 is 2.57 bits per heavy atom. The van der Waals surface area contributed by atoms with Gasteiger partial charge in [-0.25, -0.2) is 0 Å². The van der Waals surface area contributed by atoms with E-state index >= 15 is 0 Å². The van der Waals surface area contributed by atoms with Gasteiger partial charge in [0.15, 0.2) is 0 Å². The Bertz CT molecular complexity index is 467. The van der Waals surface area contributed by atoms with E-state index in [0.29, 0.717) is 12.5 Å². The van der Waals surface area contributed by atoms with E-state index in [0.717, 1.165) is 31.4 Å². The van der Waals surface area contributed by atoms with Crippen LogP contribution in [0.5, 0.6) is 0 Å². The highest BCUT2D eigenvalue weighted by Gasteiger charge is 2.26. The maximum Gasteiger partial charge on any atom is 0.225 e. The average molecular weight is 289 g/mol. The molecule has 1 aromatic rings. The van der Waals surface area contributed by atoms with Crippen LogP contribution in [-0.2, 0) is 11.2 Å². The average Bonchev–Trinajstić information content (AvgIpc) is 2.44. The Morgan fingerprint density at radius 2 is 1.95 bits per heavy atom. The molecule has 1 saturated heterocycles. The summed E-state index contributed by atoms with van der Waals surface area (Å²) in [5.41, 5.74) is 2.19. The van der Waals surface area contributed by atoms with Crippen LogP contribution in [0.25, 0.3) is 0 Å². The summed E-state index contributed by atoms with van der Waals surface area (Å²) >= 11 is 0. The molecule has 0 spiro atoms. The van der Waals surface area contributed by atoms with Gasteiger partial charge in [-0.3, -0.25) is 4.79 Å². The van der Waals surface area contributed by atoms with Crippen LogP contribution in [-0.4, -0.2) is 29.0 Å². The summed E-state index contributed by atoms with van der Waals surface area (Å²) in [5.74, 6) is 0.907. The number of likely N-dealkylation sites (tertiary alicyclic amines) is 1. The quantitative estimate of drug-likeness (QED) is 0.904. The molecule has 1 N–H and O–H groups in total. The van der Waals surface area contributed by atoms with Gasteiger partial charge in [0.1, 0.15) is 0 Å². The van der Waals surface area contributed by atoms with E-state index in [2.05, 4.69) is 26.0 Å². The van der Waals surface area contributed by atoms with Crippen LogP contribution in [0.15, 0.2) is 24.3 Å². The smallest absolute Gasteiger partial charge is 0.225 e. The van der Waals surface area contributed by atoms with Crippen molar-refractivity contribution in [3.8, 4) is 0 Å². The Morgan fingerprint density at radius 1 is 1.29 bits per heavy atom. The lowest BCUT2D eigenvalue weighted by Crippen LogP contribution is -2.42. The zero-order valence-electron chi connectivity index (χ0n) is 13.4. The fraction of sp³-hybridized carbons (Fsp3) is 0.611. The lowest BCUT2D eigenvalue weighted by Gasteiger charge is -2.32. The predicted octanol–water partition coefficient (Wildman–Crippen LogP) is 3.18.